The molecule has 21 heavy (non-hydrogen) atoms. The van der Waals surface area contributed by atoms with Crippen molar-refractivity contribution in [3.63, 3.8) is 0 Å². The van der Waals surface area contributed by atoms with E-state index in [0.29, 0.717) is 24.5 Å². The van der Waals surface area contributed by atoms with E-state index < -0.39 is 11.4 Å². The molecule has 0 bridgehead atoms. The molecule has 1 atom stereocenters. The number of nitrogens with one attached hydrogen (secondary N) is 1. The molecular weight excluding hydrogens is 274 g/mol. The molecule has 1 unspecified atom stereocenters. The van der Waals surface area contributed by atoms with Crippen molar-refractivity contribution in [2.45, 2.75) is 18.4 Å². The molecule has 7 heteroatoms. The van der Waals surface area contributed by atoms with Gasteiger partial charge >= 0.3 is 0 Å². The first-order valence-electron chi connectivity index (χ1n) is 6.69. The Balaban J connectivity index is 1.87. The fourth-order valence-electron chi connectivity index (χ4n) is 1.92. The number of hydrogen-bond acceptors (Lipinski definition) is 5. The summed E-state index contributed by atoms with van der Waals surface area (Å²) in [6.07, 6.45) is 0.668. The zero-order chi connectivity index (χ0) is 15.3. The Labute approximate surface area is 122 Å². The van der Waals surface area contributed by atoms with E-state index in [4.69, 9.17) is 20.9 Å². The molecule has 0 aromatic heterocycles. The Hall–Kier alpha value is -2.12. The fourth-order valence-corrected chi connectivity index (χ4v) is 1.92. The fraction of sp³-hybridized carbons (Fsp3) is 0.429. The number of benzene rings is 1. The molecular formula is C14H19N3O4. The Bertz CT molecular complexity index is 509. The van der Waals surface area contributed by atoms with Crippen molar-refractivity contribution in [2.24, 2.45) is 11.5 Å². The topological polar surface area (TPSA) is 117 Å². The molecule has 0 saturated carbocycles. The van der Waals surface area contributed by atoms with Crippen molar-refractivity contribution in [2.75, 3.05) is 25.1 Å². The van der Waals surface area contributed by atoms with Crippen LogP contribution in [0.5, 0.6) is 5.75 Å². The maximum atomic E-state index is 12.1. The Morgan fingerprint density at radius 2 is 2.05 bits per heavy atom. The molecule has 1 aliphatic rings. The summed E-state index contributed by atoms with van der Waals surface area (Å²) in [6, 6.07) is 6.81. The van der Waals surface area contributed by atoms with Crippen LogP contribution < -0.4 is 21.5 Å². The second-order valence-corrected chi connectivity index (χ2v) is 5.00. The van der Waals surface area contributed by atoms with Crippen LogP contribution in [0.3, 0.4) is 0 Å². The normalized spacial score (nSPS) is 21.0. The Morgan fingerprint density at radius 1 is 1.33 bits per heavy atom. The number of primary amides is 1. The van der Waals surface area contributed by atoms with Gasteiger partial charge in [0.1, 0.15) is 11.3 Å². The highest BCUT2D eigenvalue weighted by Gasteiger charge is 2.38. The lowest BCUT2D eigenvalue weighted by Crippen LogP contribution is -2.51. The largest absolute Gasteiger partial charge is 0.493 e. The van der Waals surface area contributed by atoms with Gasteiger partial charge in [-0.3, -0.25) is 9.59 Å². The molecule has 0 aliphatic carbocycles. The van der Waals surface area contributed by atoms with Gasteiger partial charge in [-0.25, -0.2) is 0 Å². The van der Waals surface area contributed by atoms with E-state index in [2.05, 4.69) is 5.32 Å². The van der Waals surface area contributed by atoms with Crippen molar-refractivity contribution < 1.29 is 19.1 Å². The molecule has 1 saturated heterocycles. The maximum absolute atomic E-state index is 12.1. The summed E-state index contributed by atoms with van der Waals surface area (Å²) >= 11 is 0. The molecule has 1 fully saturated rings. The minimum atomic E-state index is -0.962. The summed E-state index contributed by atoms with van der Waals surface area (Å²) < 4.78 is 10.5. The molecule has 1 aromatic rings. The van der Waals surface area contributed by atoms with Crippen LogP contribution in [0.4, 0.5) is 5.69 Å². The number of carbonyl (C=O) groups is 2. The summed E-state index contributed by atoms with van der Waals surface area (Å²) in [4.78, 5) is 22.7. The first-order valence-corrected chi connectivity index (χ1v) is 6.69. The third-order valence-corrected chi connectivity index (χ3v) is 3.23. The lowest BCUT2D eigenvalue weighted by molar-refractivity contribution is -0.121. The van der Waals surface area contributed by atoms with Gasteiger partial charge in [0, 0.05) is 12.3 Å². The van der Waals surface area contributed by atoms with E-state index in [1.807, 2.05) is 0 Å². The van der Waals surface area contributed by atoms with Crippen molar-refractivity contribution in [3.8, 4) is 5.75 Å². The number of rotatable bonds is 6. The minimum absolute atomic E-state index is 0.161. The predicted molar refractivity (Wildman–Crippen MR) is 76.7 cm³/mol. The van der Waals surface area contributed by atoms with Gasteiger partial charge in [-0.2, -0.15) is 0 Å². The van der Waals surface area contributed by atoms with Crippen LogP contribution in [-0.4, -0.2) is 37.2 Å². The van der Waals surface area contributed by atoms with Gasteiger partial charge in [0.15, 0.2) is 0 Å². The van der Waals surface area contributed by atoms with Gasteiger partial charge in [-0.05, 0) is 30.7 Å². The highest BCUT2D eigenvalue weighted by molar-refractivity contribution is 5.98. The minimum Gasteiger partial charge on any atom is -0.493 e. The van der Waals surface area contributed by atoms with E-state index in [9.17, 15) is 9.59 Å². The quantitative estimate of drug-likeness (QED) is 0.682. The molecule has 0 radical (unpaired) electrons. The van der Waals surface area contributed by atoms with Crippen LogP contribution in [0.25, 0.3) is 0 Å². The van der Waals surface area contributed by atoms with Gasteiger partial charge in [-0.15, -0.1) is 0 Å². The van der Waals surface area contributed by atoms with Crippen molar-refractivity contribution in [1.82, 2.24) is 0 Å². The van der Waals surface area contributed by atoms with Crippen LogP contribution in [0, 0.1) is 0 Å². The van der Waals surface area contributed by atoms with Crippen molar-refractivity contribution >= 4 is 17.5 Å². The lowest BCUT2D eigenvalue weighted by Gasteiger charge is -2.20. The van der Waals surface area contributed by atoms with Gasteiger partial charge in [0.05, 0.1) is 19.6 Å². The van der Waals surface area contributed by atoms with Crippen LogP contribution in [-0.2, 0) is 14.3 Å². The van der Waals surface area contributed by atoms with E-state index in [0.717, 1.165) is 0 Å². The number of anilines is 1. The average Bonchev–Trinajstić information content (AvgIpc) is 2.89. The molecule has 5 N–H and O–H groups in total. The molecule has 2 rings (SSSR count). The zero-order valence-corrected chi connectivity index (χ0v) is 11.6. The number of amides is 2. The number of nitrogens with two attached hydrogens (primary N) is 2. The van der Waals surface area contributed by atoms with Crippen LogP contribution >= 0.6 is 0 Å². The first-order chi connectivity index (χ1) is 9.99. The van der Waals surface area contributed by atoms with E-state index >= 15 is 0 Å². The molecule has 7 nitrogen and oxygen atoms in total. The van der Waals surface area contributed by atoms with Crippen molar-refractivity contribution in [1.29, 1.82) is 0 Å². The molecule has 0 spiro atoms. The molecule has 114 valence electrons. The lowest BCUT2D eigenvalue weighted by atomic mass is 9.99. The van der Waals surface area contributed by atoms with Gasteiger partial charge in [0.2, 0.25) is 11.8 Å². The SMILES string of the molecule is NC(=O)CCOc1ccc(NC(=O)C2(N)CCOC2)cc1. The number of hydrogen-bond donors (Lipinski definition) is 3. The van der Waals surface area contributed by atoms with Gasteiger partial charge in [0.25, 0.3) is 0 Å². The standard InChI is InChI=1S/C14H19N3O4/c15-12(18)5-7-21-11-3-1-10(2-4-11)17-13(19)14(16)6-8-20-9-14/h1-4H,5-9,16H2,(H2,15,18)(H,17,19). The highest BCUT2D eigenvalue weighted by Crippen LogP contribution is 2.20. The average molecular weight is 293 g/mol. The van der Waals surface area contributed by atoms with E-state index in [-0.39, 0.29) is 25.5 Å². The monoisotopic (exact) mass is 293 g/mol. The van der Waals surface area contributed by atoms with Crippen LogP contribution in [0.15, 0.2) is 24.3 Å². The summed E-state index contributed by atoms with van der Waals surface area (Å²) in [5.41, 5.74) is 10.7. The second kappa shape index (κ2) is 6.55. The number of carbonyl (C=O) groups excluding carboxylic acids is 2. The highest BCUT2D eigenvalue weighted by atomic mass is 16.5. The first kappa shape index (κ1) is 15.3. The van der Waals surface area contributed by atoms with E-state index in [1.54, 1.807) is 24.3 Å². The number of ether oxygens (including phenoxy) is 2. The van der Waals surface area contributed by atoms with Crippen LogP contribution in [0.1, 0.15) is 12.8 Å². The van der Waals surface area contributed by atoms with Crippen molar-refractivity contribution in [3.05, 3.63) is 24.3 Å². The van der Waals surface area contributed by atoms with Crippen LogP contribution in [0.2, 0.25) is 0 Å². The zero-order valence-electron chi connectivity index (χ0n) is 11.6. The molecule has 1 aliphatic heterocycles. The molecule has 1 heterocycles. The third-order valence-electron chi connectivity index (χ3n) is 3.23. The summed E-state index contributed by atoms with van der Waals surface area (Å²) in [6.45, 7) is 0.952. The summed E-state index contributed by atoms with van der Waals surface area (Å²) in [5.74, 6) is -0.0748. The predicted octanol–water partition coefficient (Wildman–Crippen LogP) is -0.00290. The second-order valence-electron chi connectivity index (χ2n) is 5.00. The smallest absolute Gasteiger partial charge is 0.246 e. The van der Waals surface area contributed by atoms with E-state index in [1.165, 1.54) is 0 Å². The summed E-state index contributed by atoms with van der Waals surface area (Å²) in [5, 5.41) is 2.75. The molecule has 2 amide bonds. The molecule has 1 aromatic carbocycles. The maximum Gasteiger partial charge on any atom is 0.246 e. The summed E-state index contributed by atoms with van der Waals surface area (Å²) in [7, 11) is 0. The Kier molecular flexibility index (Phi) is 4.77. The van der Waals surface area contributed by atoms with Gasteiger partial charge in [-0.1, -0.05) is 0 Å². The van der Waals surface area contributed by atoms with Gasteiger partial charge < -0.3 is 26.3 Å². The Morgan fingerprint density at radius 3 is 2.62 bits per heavy atom. The third kappa shape index (κ3) is 4.17.